The first-order valence-electron chi connectivity index (χ1n) is 10.0. The third-order valence-electron chi connectivity index (χ3n) is 4.72. The Labute approximate surface area is 182 Å². The lowest BCUT2D eigenvalue weighted by molar-refractivity contribution is 1.48. The van der Waals surface area contributed by atoms with Crippen molar-refractivity contribution < 1.29 is 0 Å². The Morgan fingerprint density at radius 1 is 0.433 bits per heavy atom. The average molecular weight is 417 g/mol. The molecule has 0 bridgehead atoms. The van der Waals surface area contributed by atoms with Gasteiger partial charge in [-0.15, -0.1) is 0 Å². The van der Waals surface area contributed by atoms with E-state index >= 15 is 0 Å². The molecule has 0 unspecified atom stereocenters. The minimum absolute atomic E-state index is 1.42. The van der Waals surface area contributed by atoms with Crippen LogP contribution < -0.4 is 32.8 Å². The first-order chi connectivity index (χ1) is 14.9. The van der Waals surface area contributed by atoms with Crippen molar-refractivity contribution in [3.8, 4) is 0 Å². The number of nitrogens with two attached hydrogens (primary N) is 3. The molecule has 6 N–H and O–H groups in total. The molecule has 1 aliphatic carbocycles. The van der Waals surface area contributed by atoms with Crippen molar-refractivity contribution in [3.63, 3.8) is 0 Å². The summed E-state index contributed by atoms with van der Waals surface area (Å²) in [5.74, 6) is 0. The Kier molecular flexibility index (Phi) is 12.0. The molecule has 30 heavy (non-hydrogen) atoms. The minimum Gasteiger partial charge on any atom is -0.333 e. The summed E-state index contributed by atoms with van der Waals surface area (Å²) in [5.41, 5.74) is 14.9. The van der Waals surface area contributed by atoms with E-state index in [4.69, 9.17) is 0 Å². The maximum Gasteiger partial charge on any atom is 0.162 e. The van der Waals surface area contributed by atoms with Crippen LogP contribution in [-0.2, 0) is 0 Å². The lowest BCUT2D eigenvalue weighted by Gasteiger charge is -2.37. The zero-order valence-electron chi connectivity index (χ0n) is 18.2. The fourth-order valence-corrected chi connectivity index (χ4v) is 8.46. The lowest BCUT2D eigenvalue weighted by atomic mass is 10.3. The monoisotopic (exact) mass is 416 g/mol. The molecule has 3 aromatic carbocycles. The molecule has 3 aromatic rings. The molecule has 0 aliphatic heterocycles. The molecule has 4 rings (SSSR count). The molecule has 1 radical (unpaired) electrons. The molecule has 4 heteroatoms. The second-order valence-corrected chi connectivity index (χ2v) is 9.83. The van der Waals surface area contributed by atoms with Gasteiger partial charge in [-0.25, -0.2) is 0 Å². The molecule has 0 atom stereocenters. The van der Waals surface area contributed by atoms with E-state index in [9.17, 15) is 0 Å². The molecule has 0 saturated heterocycles. The van der Waals surface area contributed by atoms with Gasteiger partial charge in [0, 0.05) is 5.54 Å². The molecule has 0 amide bonds. The maximum absolute atomic E-state index is 4.50. The van der Waals surface area contributed by atoms with E-state index in [1.807, 2.05) is 0 Å². The van der Waals surface area contributed by atoms with E-state index in [1.54, 1.807) is 0 Å². The SMILES string of the molecule is C1=C[C]([Si](c2ccccc2)(c2ccccc2)c2ccccc2)C=C1.CN.CN.CN. The third kappa shape index (κ3) is 5.43. The van der Waals surface area contributed by atoms with Gasteiger partial charge in [0.15, 0.2) is 8.07 Å². The van der Waals surface area contributed by atoms with Crippen molar-refractivity contribution in [2.75, 3.05) is 21.1 Å². The van der Waals surface area contributed by atoms with Crippen molar-refractivity contribution in [2.45, 2.75) is 0 Å². The Hall–Kier alpha value is -2.76. The Morgan fingerprint density at radius 2 is 0.700 bits per heavy atom. The highest BCUT2D eigenvalue weighted by Gasteiger charge is 2.45. The van der Waals surface area contributed by atoms with Crippen LogP contribution in [0.1, 0.15) is 0 Å². The Morgan fingerprint density at radius 3 is 0.967 bits per heavy atom. The molecule has 0 heterocycles. The topological polar surface area (TPSA) is 78.1 Å². The van der Waals surface area contributed by atoms with Gasteiger partial charge in [0.05, 0.1) is 0 Å². The molecule has 0 fully saturated rings. The van der Waals surface area contributed by atoms with Crippen LogP contribution in [-0.4, -0.2) is 29.2 Å². The van der Waals surface area contributed by atoms with Gasteiger partial charge in [-0.1, -0.05) is 115 Å². The van der Waals surface area contributed by atoms with Crippen LogP contribution >= 0.6 is 0 Å². The van der Waals surface area contributed by atoms with E-state index in [-0.39, 0.29) is 0 Å². The van der Waals surface area contributed by atoms with Crippen molar-refractivity contribution in [1.29, 1.82) is 0 Å². The molecular weight excluding hydrogens is 382 g/mol. The summed E-state index contributed by atoms with van der Waals surface area (Å²) < 4.78 is 0. The van der Waals surface area contributed by atoms with Crippen LogP contribution in [0.2, 0.25) is 0 Å². The fraction of sp³-hybridized carbons (Fsp3) is 0.115. The van der Waals surface area contributed by atoms with Crippen LogP contribution in [0, 0.1) is 5.54 Å². The average Bonchev–Trinajstić information content (AvgIpc) is 3.41. The number of rotatable bonds is 4. The van der Waals surface area contributed by atoms with Gasteiger partial charge < -0.3 is 17.2 Å². The molecule has 3 nitrogen and oxygen atoms in total. The van der Waals surface area contributed by atoms with Crippen molar-refractivity contribution in [1.82, 2.24) is 0 Å². The summed E-state index contributed by atoms with van der Waals surface area (Å²) in [7, 11) is 2.25. The largest absolute Gasteiger partial charge is 0.333 e. The summed E-state index contributed by atoms with van der Waals surface area (Å²) in [5, 5.41) is 4.27. The highest BCUT2D eigenvalue weighted by molar-refractivity contribution is 7.15. The van der Waals surface area contributed by atoms with E-state index in [1.165, 1.54) is 42.2 Å². The van der Waals surface area contributed by atoms with E-state index in [0.29, 0.717) is 0 Å². The molecule has 0 spiro atoms. The standard InChI is InChI=1S/C23H19Si.3CH5N/c1-4-12-20(13-5-1)24(23-18-10-11-19-23,21-14-6-2-7-15-21)22-16-8-3-9-17-22;3*1-2/h1-19H;3*2H2,1H3. The van der Waals surface area contributed by atoms with E-state index in [0.717, 1.165) is 0 Å². The van der Waals surface area contributed by atoms with Gasteiger partial charge in [0.1, 0.15) is 0 Å². The number of allylic oxidation sites excluding steroid dienone is 4. The van der Waals surface area contributed by atoms with Crippen molar-refractivity contribution in [3.05, 3.63) is 121 Å². The molecule has 0 saturated carbocycles. The summed E-state index contributed by atoms with van der Waals surface area (Å²) in [6.45, 7) is 0. The predicted octanol–water partition coefficient (Wildman–Crippen LogP) is 2.12. The van der Waals surface area contributed by atoms with Crippen LogP contribution in [0.15, 0.2) is 115 Å². The molecule has 0 aromatic heterocycles. The van der Waals surface area contributed by atoms with Gasteiger partial charge in [0.25, 0.3) is 0 Å². The quantitative estimate of drug-likeness (QED) is 0.450. The highest BCUT2D eigenvalue weighted by Crippen LogP contribution is 2.25. The second kappa shape index (κ2) is 14.3. The first kappa shape index (κ1) is 25.3. The normalized spacial score (nSPS) is 11.9. The number of benzene rings is 3. The second-order valence-electron chi connectivity index (χ2n) is 6.02. The smallest absolute Gasteiger partial charge is 0.162 e. The Bertz CT molecular complexity index is 754. The number of hydrogen-bond donors (Lipinski definition) is 3. The van der Waals surface area contributed by atoms with Crippen LogP contribution in [0.4, 0.5) is 0 Å². The number of hydrogen-bond acceptors (Lipinski definition) is 3. The maximum atomic E-state index is 4.50. The summed E-state index contributed by atoms with van der Waals surface area (Å²) >= 11 is 0. The molecular formula is C26H34N3Si. The van der Waals surface area contributed by atoms with Gasteiger partial charge in [-0.3, -0.25) is 0 Å². The van der Waals surface area contributed by atoms with Gasteiger partial charge in [-0.2, -0.15) is 0 Å². The summed E-state index contributed by atoms with van der Waals surface area (Å²) in [6.07, 6.45) is 8.90. The van der Waals surface area contributed by atoms with Crippen LogP contribution in [0.5, 0.6) is 0 Å². The van der Waals surface area contributed by atoms with Gasteiger partial charge in [-0.05, 0) is 36.7 Å². The minimum atomic E-state index is -2.25. The molecule has 157 valence electrons. The predicted molar refractivity (Wildman–Crippen MR) is 136 cm³/mol. The fourth-order valence-electron chi connectivity index (χ4n) is 3.69. The van der Waals surface area contributed by atoms with E-state index in [2.05, 4.69) is 133 Å². The van der Waals surface area contributed by atoms with Crippen LogP contribution in [0.25, 0.3) is 0 Å². The van der Waals surface area contributed by atoms with Crippen LogP contribution in [0.3, 0.4) is 0 Å². The lowest BCUT2D eigenvalue weighted by Crippen LogP contribution is -2.70. The highest BCUT2D eigenvalue weighted by atomic mass is 28.3. The van der Waals surface area contributed by atoms with E-state index < -0.39 is 8.07 Å². The Balaban J connectivity index is 0.000000691. The summed E-state index contributed by atoms with van der Waals surface area (Å²) in [4.78, 5) is 0. The first-order valence-corrected chi connectivity index (χ1v) is 12.0. The van der Waals surface area contributed by atoms with Gasteiger partial charge >= 0.3 is 0 Å². The zero-order valence-corrected chi connectivity index (χ0v) is 19.2. The summed E-state index contributed by atoms with van der Waals surface area (Å²) in [6, 6.07) is 33.0. The van der Waals surface area contributed by atoms with Crippen molar-refractivity contribution in [2.24, 2.45) is 17.2 Å². The van der Waals surface area contributed by atoms with Gasteiger partial charge in [0.2, 0.25) is 0 Å². The molecule has 1 aliphatic rings. The third-order valence-corrected chi connectivity index (χ3v) is 9.51. The van der Waals surface area contributed by atoms with Crippen molar-refractivity contribution >= 4 is 23.6 Å². The zero-order chi connectivity index (χ0) is 22.2.